The average molecular weight is 234 g/mol. The predicted octanol–water partition coefficient (Wildman–Crippen LogP) is 3.00. The fraction of sp³-hybridized carbons (Fsp3) is 0.167. The van der Waals surface area contributed by atoms with Crippen molar-refractivity contribution in [2.45, 2.75) is 13.8 Å². The first-order chi connectivity index (χ1) is 7.54. The molecule has 1 aromatic heterocycles. The number of benzene rings is 1. The highest BCUT2D eigenvalue weighted by Gasteiger charge is 2.04. The Kier molecular flexibility index (Phi) is 2.79. The lowest BCUT2D eigenvalue weighted by Gasteiger charge is -2.05. The summed E-state index contributed by atoms with van der Waals surface area (Å²) in [7, 11) is 0. The zero-order chi connectivity index (χ0) is 11.7. The fourth-order valence-electron chi connectivity index (χ4n) is 1.71. The maximum atomic E-state index is 5.85. The number of aryl methyl sites for hydroxylation is 2. The summed E-state index contributed by atoms with van der Waals surface area (Å²) in [5.41, 5.74) is 9.70. The first-order valence-electron chi connectivity index (χ1n) is 4.93. The molecular weight excluding hydrogens is 222 g/mol. The first-order valence-corrected chi connectivity index (χ1v) is 5.31. The van der Waals surface area contributed by atoms with Crippen LogP contribution in [0.5, 0.6) is 0 Å². The zero-order valence-electron chi connectivity index (χ0n) is 9.16. The Hall–Kier alpha value is -1.61. The molecule has 0 aliphatic heterocycles. The maximum absolute atomic E-state index is 5.85. The minimum absolute atomic E-state index is 0.196. The van der Waals surface area contributed by atoms with Crippen LogP contribution in [0.15, 0.2) is 24.3 Å². The van der Waals surface area contributed by atoms with Crippen molar-refractivity contribution in [3.63, 3.8) is 0 Å². The van der Waals surface area contributed by atoms with Gasteiger partial charge < -0.3 is 5.73 Å². The van der Waals surface area contributed by atoms with Gasteiger partial charge in [-0.15, -0.1) is 0 Å². The summed E-state index contributed by atoms with van der Waals surface area (Å²) in [5.74, 6) is 0.196. The van der Waals surface area contributed by atoms with Gasteiger partial charge in [-0.3, -0.25) is 0 Å². The number of halogens is 1. The number of nitrogens with zero attached hydrogens (tertiary/aromatic N) is 2. The highest BCUT2D eigenvalue weighted by molar-refractivity contribution is 6.29. The van der Waals surface area contributed by atoms with E-state index in [0.29, 0.717) is 5.15 Å². The molecule has 0 spiro atoms. The summed E-state index contributed by atoms with van der Waals surface area (Å²) in [5, 5.41) is 0.363. The van der Waals surface area contributed by atoms with Crippen molar-refractivity contribution < 1.29 is 0 Å². The van der Waals surface area contributed by atoms with Gasteiger partial charge in [0.15, 0.2) is 0 Å². The lowest BCUT2D eigenvalue weighted by atomic mass is 10.1. The molecule has 0 unspecified atom stereocenters. The molecule has 0 bridgehead atoms. The molecule has 0 saturated carbocycles. The molecule has 2 rings (SSSR count). The van der Waals surface area contributed by atoms with Crippen molar-refractivity contribution in [3.8, 4) is 11.3 Å². The highest BCUT2D eigenvalue weighted by Crippen LogP contribution is 2.22. The topological polar surface area (TPSA) is 51.8 Å². The zero-order valence-corrected chi connectivity index (χ0v) is 9.92. The second kappa shape index (κ2) is 4.10. The van der Waals surface area contributed by atoms with Gasteiger partial charge >= 0.3 is 0 Å². The van der Waals surface area contributed by atoms with Gasteiger partial charge in [0.05, 0.1) is 5.69 Å². The van der Waals surface area contributed by atoms with Gasteiger partial charge in [-0.2, -0.15) is 0 Å². The summed E-state index contributed by atoms with van der Waals surface area (Å²) < 4.78 is 0. The van der Waals surface area contributed by atoms with E-state index < -0.39 is 0 Å². The van der Waals surface area contributed by atoms with E-state index in [2.05, 4.69) is 16.0 Å². The van der Waals surface area contributed by atoms with E-state index in [1.807, 2.05) is 26.0 Å². The Bertz CT molecular complexity index is 448. The predicted molar refractivity (Wildman–Crippen MR) is 66.4 cm³/mol. The lowest BCUT2D eigenvalue weighted by Crippen LogP contribution is -1.96. The third-order valence-corrected chi connectivity index (χ3v) is 2.42. The Labute approximate surface area is 99.3 Å². The van der Waals surface area contributed by atoms with Crippen molar-refractivity contribution in [2.24, 2.45) is 0 Å². The molecule has 0 aliphatic carbocycles. The SMILES string of the molecule is Cc1cc(C)cc(-c2cc(Cl)nc(N)n2)c1. The van der Waals surface area contributed by atoms with Crippen molar-refractivity contribution >= 4 is 17.5 Å². The number of hydrogen-bond acceptors (Lipinski definition) is 3. The van der Waals surface area contributed by atoms with E-state index in [9.17, 15) is 0 Å². The van der Waals surface area contributed by atoms with Crippen LogP contribution in [0.4, 0.5) is 5.95 Å². The van der Waals surface area contributed by atoms with E-state index in [-0.39, 0.29) is 5.95 Å². The summed E-state index contributed by atoms with van der Waals surface area (Å²) in [4.78, 5) is 8.01. The molecule has 16 heavy (non-hydrogen) atoms. The highest BCUT2D eigenvalue weighted by atomic mass is 35.5. The van der Waals surface area contributed by atoms with Crippen molar-refractivity contribution in [1.29, 1.82) is 0 Å². The molecule has 0 amide bonds. The molecule has 0 radical (unpaired) electrons. The molecule has 2 N–H and O–H groups in total. The Morgan fingerprint density at radius 3 is 2.19 bits per heavy atom. The number of anilines is 1. The minimum atomic E-state index is 0.196. The van der Waals surface area contributed by atoms with Crippen LogP contribution in [0.1, 0.15) is 11.1 Å². The number of hydrogen-bond donors (Lipinski definition) is 1. The van der Waals surface area contributed by atoms with Crippen LogP contribution in [-0.2, 0) is 0 Å². The van der Waals surface area contributed by atoms with E-state index in [1.54, 1.807) is 6.07 Å². The van der Waals surface area contributed by atoms with Gasteiger partial charge in [0, 0.05) is 11.6 Å². The number of nitrogen functional groups attached to an aromatic ring is 1. The molecule has 1 heterocycles. The monoisotopic (exact) mass is 233 g/mol. The van der Waals surface area contributed by atoms with Crippen LogP contribution in [0.3, 0.4) is 0 Å². The van der Waals surface area contributed by atoms with Crippen LogP contribution in [0.2, 0.25) is 5.15 Å². The smallest absolute Gasteiger partial charge is 0.221 e. The largest absolute Gasteiger partial charge is 0.368 e. The molecular formula is C12H12ClN3. The first kappa shape index (κ1) is 10.9. The van der Waals surface area contributed by atoms with E-state index in [0.717, 1.165) is 11.3 Å². The minimum Gasteiger partial charge on any atom is -0.368 e. The van der Waals surface area contributed by atoms with Gasteiger partial charge in [0.2, 0.25) is 5.95 Å². The summed E-state index contributed by atoms with van der Waals surface area (Å²) in [6, 6.07) is 7.91. The van der Waals surface area contributed by atoms with Crippen LogP contribution < -0.4 is 5.73 Å². The molecule has 0 aliphatic rings. The fourth-order valence-corrected chi connectivity index (χ4v) is 1.90. The second-order valence-electron chi connectivity index (χ2n) is 3.81. The van der Waals surface area contributed by atoms with E-state index in [4.69, 9.17) is 17.3 Å². The van der Waals surface area contributed by atoms with Gasteiger partial charge in [0.25, 0.3) is 0 Å². The molecule has 2 aromatic rings. The molecule has 82 valence electrons. The maximum Gasteiger partial charge on any atom is 0.221 e. The summed E-state index contributed by atoms with van der Waals surface area (Å²) in [6.07, 6.45) is 0. The van der Waals surface area contributed by atoms with Crippen LogP contribution in [-0.4, -0.2) is 9.97 Å². The number of nitrogens with two attached hydrogens (primary N) is 1. The van der Waals surface area contributed by atoms with Gasteiger partial charge in [-0.05, 0) is 26.0 Å². The Balaban J connectivity index is 2.57. The van der Waals surface area contributed by atoms with Crippen LogP contribution >= 0.6 is 11.6 Å². The van der Waals surface area contributed by atoms with E-state index in [1.165, 1.54) is 11.1 Å². The second-order valence-corrected chi connectivity index (χ2v) is 4.20. The Morgan fingerprint density at radius 2 is 1.62 bits per heavy atom. The Morgan fingerprint density at radius 1 is 1.00 bits per heavy atom. The molecule has 1 aromatic carbocycles. The van der Waals surface area contributed by atoms with E-state index >= 15 is 0 Å². The van der Waals surface area contributed by atoms with Gasteiger partial charge in [0.1, 0.15) is 5.15 Å². The van der Waals surface area contributed by atoms with Crippen LogP contribution in [0.25, 0.3) is 11.3 Å². The third kappa shape index (κ3) is 2.31. The average Bonchev–Trinajstić information content (AvgIpc) is 2.14. The summed E-state index contributed by atoms with van der Waals surface area (Å²) in [6.45, 7) is 4.09. The van der Waals surface area contributed by atoms with Crippen molar-refractivity contribution in [2.75, 3.05) is 5.73 Å². The number of aromatic nitrogens is 2. The molecule has 0 atom stereocenters. The van der Waals surface area contributed by atoms with Crippen molar-refractivity contribution in [3.05, 3.63) is 40.5 Å². The van der Waals surface area contributed by atoms with Crippen molar-refractivity contribution in [1.82, 2.24) is 9.97 Å². The molecule has 0 saturated heterocycles. The summed E-state index contributed by atoms with van der Waals surface area (Å²) >= 11 is 5.85. The quantitative estimate of drug-likeness (QED) is 0.771. The van der Waals surface area contributed by atoms with Gasteiger partial charge in [-0.1, -0.05) is 28.8 Å². The van der Waals surface area contributed by atoms with Gasteiger partial charge in [-0.25, -0.2) is 9.97 Å². The molecule has 0 fully saturated rings. The molecule has 3 nitrogen and oxygen atoms in total. The number of rotatable bonds is 1. The third-order valence-electron chi connectivity index (χ3n) is 2.23. The van der Waals surface area contributed by atoms with Crippen LogP contribution in [0, 0.1) is 13.8 Å². The lowest BCUT2D eigenvalue weighted by molar-refractivity contribution is 1.19. The molecule has 4 heteroatoms. The normalized spacial score (nSPS) is 10.4. The standard InChI is InChI=1S/C12H12ClN3/c1-7-3-8(2)5-9(4-7)10-6-11(13)16-12(14)15-10/h3-6H,1-2H3,(H2,14,15,16).